The van der Waals surface area contributed by atoms with Gasteiger partial charge in [-0.25, -0.2) is 9.59 Å². The van der Waals surface area contributed by atoms with Gasteiger partial charge in [-0.1, -0.05) is 12.1 Å². The van der Waals surface area contributed by atoms with E-state index in [1.165, 1.54) is 0 Å². The van der Waals surface area contributed by atoms with Gasteiger partial charge in [0.25, 0.3) is 0 Å². The van der Waals surface area contributed by atoms with E-state index in [-0.39, 0.29) is 12.2 Å². The van der Waals surface area contributed by atoms with Crippen LogP contribution in [0.15, 0.2) is 48.8 Å². The zero-order valence-corrected chi connectivity index (χ0v) is 22.0. The Morgan fingerprint density at radius 1 is 0.686 bits per heavy atom. The lowest BCUT2D eigenvalue weighted by Crippen LogP contribution is -2.42. The third kappa shape index (κ3) is 11.7. The van der Waals surface area contributed by atoms with E-state index in [1.54, 1.807) is 22.2 Å². The number of pyridine rings is 2. The van der Waals surface area contributed by atoms with E-state index < -0.39 is 11.2 Å². The van der Waals surface area contributed by atoms with Crippen LogP contribution in [-0.4, -0.2) is 69.3 Å². The van der Waals surface area contributed by atoms with E-state index >= 15 is 0 Å². The molecule has 2 amide bonds. The minimum absolute atomic E-state index is 0.370. The van der Waals surface area contributed by atoms with Crippen molar-refractivity contribution in [1.82, 2.24) is 19.8 Å². The van der Waals surface area contributed by atoms with Crippen molar-refractivity contribution < 1.29 is 19.1 Å². The molecule has 0 radical (unpaired) electrons. The second-order valence-corrected chi connectivity index (χ2v) is 10.4. The molecule has 2 heterocycles. The molecule has 0 fully saturated rings. The van der Waals surface area contributed by atoms with Gasteiger partial charge in [0.05, 0.1) is 0 Å². The van der Waals surface area contributed by atoms with Crippen LogP contribution in [-0.2, 0) is 22.3 Å². The topological polar surface area (TPSA) is 84.9 Å². The Hall–Kier alpha value is -3.16. The van der Waals surface area contributed by atoms with Crippen LogP contribution in [0.2, 0.25) is 0 Å². The van der Waals surface area contributed by atoms with Crippen LogP contribution >= 0.6 is 0 Å². The van der Waals surface area contributed by atoms with Crippen molar-refractivity contribution in [3.05, 3.63) is 60.2 Å². The summed E-state index contributed by atoms with van der Waals surface area (Å²) in [4.78, 5) is 37.8. The molecular weight excluding hydrogens is 444 g/mol. The van der Waals surface area contributed by atoms with Gasteiger partial charge in [0.2, 0.25) is 0 Å². The van der Waals surface area contributed by atoms with Gasteiger partial charge in [0.1, 0.15) is 11.2 Å². The molecule has 192 valence electrons. The van der Waals surface area contributed by atoms with Gasteiger partial charge < -0.3 is 19.3 Å². The Morgan fingerprint density at radius 2 is 1.09 bits per heavy atom. The minimum atomic E-state index is -0.592. The molecule has 0 bridgehead atoms. The Morgan fingerprint density at radius 3 is 1.40 bits per heavy atom. The number of aromatic nitrogens is 2. The first kappa shape index (κ1) is 28.1. The first-order valence-electron chi connectivity index (χ1n) is 12.2. The largest absolute Gasteiger partial charge is 0.444 e. The highest BCUT2D eigenvalue weighted by atomic mass is 16.6. The van der Waals surface area contributed by atoms with E-state index in [2.05, 4.69) is 9.97 Å². The summed E-state index contributed by atoms with van der Waals surface area (Å²) < 4.78 is 11.2. The summed E-state index contributed by atoms with van der Waals surface area (Å²) in [7, 11) is 0. The molecule has 8 heteroatoms. The molecule has 2 aromatic heterocycles. The maximum Gasteiger partial charge on any atom is 0.410 e. The second kappa shape index (κ2) is 13.1. The minimum Gasteiger partial charge on any atom is -0.444 e. The van der Waals surface area contributed by atoms with E-state index in [9.17, 15) is 9.59 Å². The van der Waals surface area contributed by atoms with Crippen molar-refractivity contribution in [2.45, 2.75) is 72.0 Å². The number of hydrogen-bond donors (Lipinski definition) is 0. The number of carbonyl (C=O) groups excluding carboxylic acids is 2. The van der Waals surface area contributed by atoms with Crippen molar-refractivity contribution in [1.29, 1.82) is 0 Å². The summed E-state index contributed by atoms with van der Waals surface area (Å²) in [6, 6.07) is 11.5. The highest BCUT2D eigenvalue weighted by Gasteiger charge is 2.24. The molecule has 0 saturated carbocycles. The summed E-state index contributed by atoms with van der Waals surface area (Å²) in [5, 5.41) is 0. The molecule has 0 aliphatic rings. The standard InChI is InChI=1S/C27H40N4O4/c1-26(2,3)34-24(32)30(20-14-22-12-7-9-16-28-22)18-11-19-31(25(33)35-27(4,5)6)21-15-23-13-8-10-17-29-23/h7-10,12-13,16-17H,11,14-15,18-21H2,1-6H3. The molecule has 0 spiro atoms. The van der Waals surface area contributed by atoms with Crippen molar-refractivity contribution in [2.75, 3.05) is 26.2 Å². The van der Waals surface area contributed by atoms with Crippen LogP contribution in [0.5, 0.6) is 0 Å². The lowest BCUT2D eigenvalue weighted by atomic mass is 10.2. The smallest absolute Gasteiger partial charge is 0.410 e. The van der Waals surface area contributed by atoms with Crippen molar-refractivity contribution >= 4 is 12.2 Å². The number of ether oxygens (including phenoxy) is 2. The lowest BCUT2D eigenvalue weighted by molar-refractivity contribution is 0.0207. The average molecular weight is 485 g/mol. The maximum atomic E-state index is 12.9. The number of hydrogen-bond acceptors (Lipinski definition) is 6. The van der Waals surface area contributed by atoms with Crippen LogP contribution in [0.4, 0.5) is 9.59 Å². The molecule has 2 aromatic rings. The van der Waals surface area contributed by atoms with Gasteiger partial charge in [0.15, 0.2) is 0 Å². The quantitative estimate of drug-likeness (QED) is 0.465. The summed E-state index contributed by atoms with van der Waals surface area (Å²) >= 11 is 0. The van der Waals surface area contributed by atoms with E-state index in [1.807, 2.05) is 77.9 Å². The summed E-state index contributed by atoms with van der Waals surface area (Å²) in [6.45, 7) is 13.0. The first-order valence-corrected chi connectivity index (χ1v) is 12.2. The second-order valence-electron chi connectivity index (χ2n) is 10.4. The zero-order chi connectivity index (χ0) is 25.9. The van der Waals surface area contributed by atoms with Gasteiger partial charge in [-0.2, -0.15) is 0 Å². The molecule has 0 aliphatic heterocycles. The summed E-state index contributed by atoms with van der Waals surface area (Å²) in [6.07, 6.45) is 4.58. The predicted octanol–water partition coefficient (Wildman–Crippen LogP) is 5.13. The van der Waals surface area contributed by atoms with Crippen LogP contribution in [0, 0.1) is 0 Å². The van der Waals surface area contributed by atoms with Crippen LogP contribution in [0.25, 0.3) is 0 Å². The Labute approximate surface area is 209 Å². The van der Waals surface area contributed by atoms with Crippen LogP contribution in [0.3, 0.4) is 0 Å². The van der Waals surface area contributed by atoms with Crippen molar-refractivity contribution in [2.24, 2.45) is 0 Å². The average Bonchev–Trinajstić information content (AvgIpc) is 2.77. The fourth-order valence-electron chi connectivity index (χ4n) is 3.29. The summed E-state index contributed by atoms with van der Waals surface area (Å²) in [5.41, 5.74) is 0.635. The van der Waals surface area contributed by atoms with Crippen LogP contribution < -0.4 is 0 Å². The van der Waals surface area contributed by atoms with E-state index in [4.69, 9.17) is 9.47 Å². The fraction of sp³-hybridized carbons (Fsp3) is 0.556. The maximum absolute atomic E-state index is 12.9. The van der Waals surface area contributed by atoms with E-state index in [0.29, 0.717) is 45.4 Å². The summed E-state index contributed by atoms with van der Waals surface area (Å²) in [5.74, 6) is 0. The van der Waals surface area contributed by atoms with Gasteiger partial charge in [0, 0.05) is 62.8 Å². The lowest BCUT2D eigenvalue weighted by Gasteiger charge is -2.30. The molecule has 0 N–H and O–H groups in total. The molecule has 2 rings (SSSR count). The third-order valence-electron chi connectivity index (χ3n) is 4.89. The Kier molecular flexibility index (Phi) is 10.5. The SMILES string of the molecule is CC(C)(C)OC(=O)N(CCCN(CCc1ccccn1)C(=O)OC(C)(C)C)CCc1ccccn1. The highest BCUT2D eigenvalue weighted by Crippen LogP contribution is 2.13. The molecule has 35 heavy (non-hydrogen) atoms. The number of amides is 2. The van der Waals surface area contributed by atoms with E-state index in [0.717, 1.165) is 11.4 Å². The van der Waals surface area contributed by atoms with Crippen LogP contribution in [0.1, 0.15) is 59.4 Å². The highest BCUT2D eigenvalue weighted by molar-refractivity contribution is 5.69. The Bertz CT molecular complexity index is 833. The monoisotopic (exact) mass is 484 g/mol. The molecule has 0 aromatic carbocycles. The zero-order valence-electron chi connectivity index (χ0n) is 22.0. The first-order chi connectivity index (χ1) is 16.4. The van der Waals surface area contributed by atoms with Crippen molar-refractivity contribution in [3.8, 4) is 0 Å². The molecular formula is C27H40N4O4. The fourth-order valence-corrected chi connectivity index (χ4v) is 3.29. The number of carbonyl (C=O) groups is 2. The third-order valence-corrected chi connectivity index (χ3v) is 4.89. The molecule has 0 unspecified atom stereocenters. The predicted molar refractivity (Wildman–Crippen MR) is 136 cm³/mol. The molecule has 0 aliphatic carbocycles. The van der Waals surface area contributed by atoms with Gasteiger partial charge in [-0.3, -0.25) is 9.97 Å². The normalized spacial score (nSPS) is 11.6. The van der Waals surface area contributed by atoms with Crippen molar-refractivity contribution in [3.63, 3.8) is 0 Å². The van der Waals surface area contributed by atoms with Gasteiger partial charge >= 0.3 is 12.2 Å². The number of nitrogens with zero attached hydrogens (tertiary/aromatic N) is 4. The molecule has 0 atom stereocenters. The Balaban J connectivity index is 2.02. The van der Waals surface area contributed by atoms with Gasteiger partial charge in [-0.05, 0) is 72.2 Å². The number of rotatable bonds is 10. The molecule has 8 nitrogen and oxygen atoms in total. The van der Waals surface area contributed by atoms with Gasteiger partial charge in [-0.15, -0.1) is 0 Å². The molecule has 0 saturated heterocycles.